The molecular formula is C20H29N3O. The first kappa shape index (κ1) is 15.9. The van der Waals surface area contributed by atoms with Gasteiger partial charge in [-0.25, -0.2) is 0 Å². The number of fused-ring (bicyclic) bond motifs is 1. The largest absolute Gasteiger partial charge is 0.362 e. The van der Waals surface area contributed by atoms with Gasteiger partial charge >= 0.3 is 0 Å². The van der Waals surface area contributed by atoms with E-state index in [4.69, 9.17) is 0 Å². The molecule has 2 heterocycles. The summed E-state index contributed by atoms with van der Waals surface area (Å²) in [4.78, 5) is 15.1. The number of carbonyl (C=O) groups is 1. The number of carbonyl (C=O) groups excluding carboxylic acids is 1. The van der Waals surface area contributed by atoms with Gasteiger partial charge in [0.2, 0.25) is 0 Å². The van der Waals surface area contributed by atoms with Crippen LogP contribution in [0, 0.1) is 5.92 Å². The molecule has 1 amide bonds. The van der Waals surface area contributed by atoms with Crippen LogP contribution >= 0.6 is 0 Å². The Hall–Kier alpha value is -1.55. The number of hydrogen-bond acceptors (Lipinski definition) is 3. The summed E-state index contributed by atoms with van der Waals surface area (Å²) in [7, 11) is 0. The van der Waals surface area contributed by atoms with Crippen molar-refractivity contribution in [1.29, 1.82) is 0 Å². The highest BCUT2D eigenvalue weighted by atomic mass is 16.2. The van der Waals surface area contributed by atoms with Crippen LogP contribution < -0.4 is 10.6 Å². The second kappa shape index (κ2) is 6.40. The standard InChI is InChI=1S/C20H29N3O/c1-2-15-7-9-16(10-8-15)23-13-11-20(12-14-23)21-18-6-4-3-5-17(18)19(24)22-20/h3-6,15-16,21H,2,7-14H2,1H3,(H,22,24). The molecule has 4 nitrogen and oxygen atoms in total. The number of anilines is 1. The molecule has 1 aromatic carbocycles. The van der Waals surface area contributed by atoms with Gasteiger partial charge in [0, 0.05) is 37.7 Å². The maximum atomic E-state index is 12.4. The van der Waals surface area contributed by atoms with E-state index in [0.29, 0.717) is 0 Å². The van der Waals surface area contributed by atoms with Crippen LogP contribution in [0.3, 0.4) is 0 Å². The number of para-hydroxylation sites is 1. The summed E-state index contributed by atoms with van der Waals surface area (Å²) in [5.41, 5.74) is 1.50. The van der Waals surface area contributed by atoms with Crippen LogP contribution in [0.15, 0.2) is 24.3 Å². The van der Waals surface area contributed by atoms with Crippen LogP contribution in [0.25, 0.3) is 0 Å². The van der Waals surface area contributed by atoms with E-state index in [1.807, 2.05) is 24.3 Å². The van der Waals surface area contributed by atoms with E-state index in [0.717, 1.165) is 49.1 Å². The van der Waals surface area contributed by atoms with Crippen LogP contribution in [0.1, 0.15) is 62.2 Å². The van der Waals surface area contributed by atoms with Gasteiger partial charge in [0.25, 0.3) is 5.91 Å². The predicted octanol–water partition coefficient (Wildman–Crippen LogP) is 3.60. The highest BCUT2D eigenvalue weighted by Gasteiger charge is 2.41. The van der Waals surface area contributed by atoms with E-state index >= 15 is 0 Å². The van der Waals surface area contributed by atoms with Crippen molar-refractivity contribution < 1.29 is 4.79 Å². The van der Waals surface area contributed by atoms with Crippen LogP contribution in [-0.2, 0) is 0 Å². The highest BCUT2D eigenvalue weighted by Crippen LogP contribution is 2.35. The number of hydrogen-bond donors (Lipinski definition) is 2. The fourth-order valence-electron chi connectivity index (χ4n) is 4.80. The zero-order valence-electron chi connectivity index (χ0n) is 14.7. The summed E-state index contributed by atoms with van der Waals surface area (Å²) in [6, 6.07) is 8.60. The van der Waals surface area contributed by atoms with Crippen LogP contribution in [-0.4, -0.2) is 35.6 Å². The number of likely N-dealkylation sites (tertiary alicyclic amines) is 1. The lowest BCUT2D eigenvalue weighted by molar-refractivity contribution is 0.0668. The maximum absolute atomic E-state index is 12.4. The molecule has 0 bridgehead atoms. The molecule has 0 unspecified atom stereocenters. The SMILES string of the molecule is CCC1CCC(N2CCC3(CC2)NC(=O)c2ccccc2N3)CC1. The zero-order chi connectivity index (χ0) is 16.6. The molecule has 130 valence electrons. The molecule has 2 N–H and O–H groups in total. The number of nitrogens with one attached hydrogen (secondary N) is 2. The molecule has 4 heteroatoms. The van der Waals surface area contributed by atoms with Gasteiger partial charge in [0.15, 0.2) is 0 Å². The lowest BCUT2D eigenvalue weighted by atomic mass is 9.82. The fraction of sp³-hybridized carbons (Fsp3) is 0.650. The third-order valence-electron chi connectivity index (χ3n) is 6.46. The predicted molar refractivity (Wildman–Crippen MR) is 97.1 cm³/mol. The smallest absolute Gasteiger partial charge is 0.255 e. The molecule has 1 aliphatic carbocycles. The Kier molecular flexibility index (Phi) is 4.25. The summed E-state index contributed by atoms with van der Waals surface area (Å²) < 4.78 is 0. The second-order valence-electron chi connectivity index (χ2n) is 7.83. The molecule has 0 aromatic heterocycles. The van der Waals surface area contributed by atoms with Gasteiger partial charge in [0.05, 0.1) is 5.56 Å². The van der Waals surface area contributed by atoms with Gasteiger partial charge in [-0.2, -0.15) is 0 Å². The van der Waals surface area contributed by atoms with Crippen molar-refractivity contribution in [2.24, 2.45) is 5.92 Å². The van der Waals surface area contributed by atoms with Gasteiger partial charge in [-0.15, -0.1) is 0 Å². The molecule has 4 rings (SSSR count). The average Bonchev–Trinajstić information content (AvgIpc) is 2.62. The van der Waals surface area contributed by atoms with Crippen LogP contribution in [0.2, 0.25) is 0 Å². The van der Waals surface area contributed by atoms with Crippen molar-refractivity contribution in [2.45, 2.75) is 63.6 Å². The summed E-state index contributed by atoms with van der Waals surface area (Å²) in [6.45, 7) is 4.48. The van der Waals surface area contributed by atoms with E-state index in [9.17, 15) is 4.79 Å². The van der Waals surface area contributed by atoms with E-state index in [2.05, 4.69) is 22.5 Å². The lowest BCUT2D eigenvalue weighted by Gasteiger charge is -2.48. The molecule has 2 aliphatic heterocycles. The summed E-state index contributed by atoms with van der Waals surface area (Å²) in [5.74, 6) is 1.02. The number of amides is 1. The molecule has 3 aliphatic rings. The highest BCUT2D eigenvalue weighted by molar-refractivity contribution is 6.02. The molecule has 0 radical (unpaired) electrons. The maximum Gasteiger partial charge on any atom is 0.255 e. The molecule has 24 heavy (non-hydrogen) atoms. The number of benzene rings is 1. The first-order chi connectivity index (χ1) is 11.7. The Balaban J connectivity index is 1.39. The van der Waals surface area contributed by atoms with E-state index in [1.165, 1.54) is 32.1 Å². The first-order valence-corrected chi connectivity index (χ1v) is 9.63. The molecule has 1 spiro atoms. The Morgan fingerprint density at radius 2 is 1.79 bits per heavy atom. The minimum absolute atomic E-state index is 0.0706. The van der Waals surface area contributed by atoms with E-state index in [-0.39, 0.29) is 11.6 Å². The van der Waals surface area contributed by atoms with E-state index in [1.54, 1.807) is 0 Å². The zero-order valence-corrected chi connectivity index (χ0v) is 14.7. The monoisotopic (exact) mass is 327 g/mol. The van der Waals surface area contributed by atoms with Crippen molar-refractivity contribution >= 4 is 11.6 Å². The minimum Gasteiger partial charge on any atom is -0.362 e. The fourth-order valence-corrected chi connectivity index (χ4v) is 4.80. The van der Waals surface area contributed by atoms with Crippen molar-refractivity contribution in [1.82, 2.24) is 10.2 Å². The van der Waals surface area contributed by atoms with Gasteiger partial charge < -0.3 is 15.5 Å². The third kappa shape index (κ3) is 2.92. The average molecular weight is 327 g/mol. The quantitative estimate of drug-likeness (QED) is 0.872. The summed E-state index contributed by atoms with van der Waals surface area (Å²) in [6.07, 6.45) is 8.81. The second-order valence-corrected chi connectivity index (χ2v) is 7.83. The normalized spacial score (nSPS) is 29.6. The van der Waals surface area contributed by atoms with Gasteiger partial charge in [-0.1, -0.05) is 25.5 Å². The molecule has 0 atom stereocenters. The Labute approximate surface area is 145 Å². The van der Waals surface area contributed by atoms with Gasteiger partial charge in [-0.05, 0) is 43.7 Å². The third-order valence-corrected chi connectivity index (χ3v) is 6.46. The topological polar surface area (TPSA) is 44.4 Å². The Morgan fingerprint density at radius 3 is 2.50 bits per heavy atom. The van der Waals surface area contributed by atoms with Crippen LogP contribution in [0.4, 0.5) is 5.69 Å². The van der Waals surface area contributed by atoms with Crippen molar-refractivity contribution in [3.05, 3.63) is 29.8 Å². The molecule has 1 saturated heterocycles. The van der Waals surface area contributed by atoms with Crippen molar-refractivity contribution in [2.75, 3.05) is 18.4 Å². The first-order valence-electron chi connectivity index (χ1n) is 9.63. The number of piperidine rings is 1. The van der Waals surface area contributed by atoms with Crippen LogP contribution in [0.5, 0.6) is 0 Å². The number of nitrogens with zero attached hydrogens (tertiary/aromatic N) is 1. The molecule has 1 saturated carbocycles. The summed E-state index contributed by atoms with van der Waals surface area (Å²) >= 11 is 0. The lowest BCUT2D eigenvalue weighted by Crippen LogP contribution is -2.63. The van der Waals surface area contributed by atoms with Crippen molar-refractivity contribution in [3.63, 3.8) is 0 Å². The van der Waals surface area contributed by atoms with E-state index < -0.39 is 0 Å². The van der Waals surface area contributed by atoms with Gasteiger partial charge in [-0.3, -0.25) is 4.79 Å². The Morgan fingerprint density at radius 1 is 1.08 bits per heavy atom. The summed E-state index contributed by atoms with van der Waals surface area (Å²) in [5, 5.41) is 6.87. The number of rotatable bonds is 2. The minimum atomic E-state index is -0.247. The van der Waals surface area contributed by atoms with Crippen molar-refractivity contribution in [3.8, 4) is 0 Å². The molecule has 1 aromatic rings. The molecular weight excluding hydrogens is 298 g/mol. The van der Waals surface area contributed by atoms with Gasteiger partial charge in [0.1, 0.15) is 5.66 Å². The molecule has 2 fully saturated rings. The Bertz CT molecular complexity index is 599.